The van der Waals surface area contributed by atoms with Gasteiger partial charge in [0.1, 0.15) is 11.5 Å². The maximum atomic E-state index is 13.8. The van der Waals surface area contributed by atoms with Crippen LogP contribution in [0.3, 0.4) is 0 Å². The number of aryl methyl sites for hydroxylation is 1. The van der Waals surface area contributed by atoms with Crippen LogP contribution < -0.4 is 0 Å². The van der Waals surface area contributed by atoms with Crippen molar-refractivity contribution in [3.8, 4) is 0 Å². The van der Waals surface area contributed by atoms with Crippen molar-refractivity contribution < 1.29 is 23.9 Å². The van der Waals surface area contributed by atoms with E-state index in [4.69, 9.17) is 0 Å². The fourth-order valence-electron chi connectivity index (χ4n) is 5.49. The number of aromatic amines is 1. The summed E-state index contributed by atoms with van der Waals surface area (Å²) in [5, 5.41) is 14.4. The van der Waals surface area contributed by atoms with Gasteiger partial charge in [0.05, 0.1) is 41.6 Å². The van der Waals surface area contributed by atoms with Gasteiger partial charge in [-0.1, -0.05) is 12.1 Å². The van der Waals surface area contributed by atoms with Crippen LogP contribution in [-0.2, 0) is 18.6 Å². The monoisotopic (exact) mass is 515 g/mol. The Kier molecular flexibility index (Phi) is 5.37. The lowest BCUT2D eigenvalue weighted by Crippen LogP contribution is -2.41. The molecular formula is C28H26FN5O4. The van der Waals surface area contributed by atoms with Gasteiger partial charge in [0.25, 0.3) is 11.8 Å². The van der Waals surface area contributed by atoms with Crippen molar-refractivity contribution in [2.45, 2.75) is 38.4 Å². The fraction of sp³-hybridized carbons (Fsp3) is 0.286. The molecule has 2 amide bonds. The van der Waals surface area contributed by atoms with Crippen molar-refractivity contribution in [3.63, 3.8) is 0 Å². The van der Waals surface area contributed by atoms with Crippen molar-refractivity contribution in [1.82, 2.24) is 24.6 Å². The number of nitrogens with zero attached hydrogens (tertiary/aromatic N) is 4. The van der Waals surface area contributed by atoms with E-state index in [1.807, 2.05) is 0 Å². The molecule has 6 rings (SSSR count). The number of halogens is 1. The molecule has 2 aromatic heterocycles. The van der Waals surface area contributed by atoms with Crippen LogP contribution in [0.15, 0.2) is 48.7 Å². The lowest BCUT2D eigenvalue weighted by Gasteiger charge is -2.31. The number of aromatic nitrogens is 3. The first-order valence-electron chi connectivity index (χ1n) is 12.4. The van der Waals surface area contributed by atoms with Gasteiger partial charge >= 0.3 is 5.97 Å². The molecule has 10 heteroatoms. The Morgan fingerprint density at radius 1 is 1.11 bits per heavy atom. The number of rotatable bonds is 5. The Labute approximate surface area is 217 Å². The quantitative estimate of drug-likeness (QED) is 0.418. The average Bonchev–Trinajstić information content (AvgIpc) is 3.42. The number of carboxylic acids is 1. The fourth-order valence-corrected chi connectivity index (χ4v) is 5.49. The summed E-state index contributed by atoms with van der Waals surface area (Å²) < 4.78 is 15.6. The first kappa shape index (κ1) is 23.9. The molecule has 1 aliphatic heterocycles. The minimum atomic E-state index is -0.994. The van der Waals surface area contributed by atoms with E-state index in [2.05, 4.69) is 10.1 Å². The molecule has 0 saturated heterocycles. The predicted molar refractivity (Wildman–Crippen MR) is 136 cm³/mol. The van der Waals surface area contributed by atoms with Crippen LogP contribution in [0.5, 0.6) is 0 Å². The molecule has 4 aromatic rings. The molecule has 0 spiro atoms. The highest BCUT2D eigenvalue weighted by atomic mass is 19.1. The highest BCUT2D eigenvalue weighted by Crippen LogP contribution is 2.51. The van der Waals surface area contributed by atoms with Crippen LogP contribution in [0.1, 0.15) is 60.9 Å². The third-order valence-electron chi connectivity index (χ3n) is 7.87. The number of aromatic carboxylic acids is 1. The summed E-state index contributed by atoms with van der Waals surface area (Å²) in [5.41, 5.74) is 3.38. The van der Waals surface area contributed by atoms with Gasteiger partial charge in [0.15, 0.2) is 0 Å². The second kappa shape index (κ2) is 8.54. The lowest BCUT2D eigenvalue weighted by molar-refractivity contribution is 0.0669. The van der Waals surface area contributed by atoms with E-state index >= 15 is 0 Å². The third-order valence-corrected chi connectivity index (χ3v) is 7.87. The predicted octanol–water partition coefficient (Wildman–Crippen LogP) is 3.93. The average molecular weight is 516 g/mol. The van der Waals surface area contributed by atoms with Crippen LogP contribution in [0.4, 0.5) is 4.39 Å². The normalized spacial score (nSPS) is 15.8. The second-order valence-corrected chi connectivity index (χ2v) is 10.1. The summed E-state index contributed by atoms with van der Waals surface area (Å²) >= 11 is 0. The van der Waals surface area contributed by atoms with Gasteiger partial charge < -0.3 is 19.9 Å². The number of fused-ring (bicyclic) bond motifs is 2. The molecular weight excluding hydrogens is 489 g/mol. The zero-order valence-corrected chi connectivity index (χ0v) is 21.0. The summed E-state index contributed by atoms with van der Waals surface area (Å²) in [7, 11) is 1.75. The van der Waals surface area contributed by atoms with Crippen molar-refractivity contribution >= 4 is 28.7 Å². The molecule has 2 N–H and O–H groups in total. The Hall–Kier alpha value is -4.47. The molecule has 0 atom stereocenters. The summed E-state index contributed by atoms with van der Waals surface area (Å²) in [4.78, 5) is 44.7. The molecule has 1 fully saturated rings. The van der Waals surface area contributed by atoms with Gasteiger partial charge in [-0.15, -0.1) is 0 Å². The van der Waals surface area contributed by atoms with Gasteiger partial charge in [-0.3, -0.25) is 14.3 Å². The van der Waals surface area contributed by atoms with Crippen LogP contribution in [0, 0.1) is 12.7 Å². The first-order valence-corrected chi connectivity index (χ1v) is 12.4. The number of nitrogens with one attached hydrogen (secondary N) is 1. The van der Waals surface area contributed by atoms with Gasteiger partial charge in [0.2, 0.25) is 0 Å². The third kappa shape index (κ3) is 3.75. The van der Waals surface area contributed by atoms with E-state index in [9.17, 15) is 23.9 Å². The van der Waals surface area contributed by atoms with E-state index in [-0.39, 0.29) is 29.7 Å². The van der Waals surface area contributed by atoms with E-state index in [0.717, 1.165) is 29.4 Å². The second-order valence-electron chi connectivity index (χ2n) is 10.1. The molecule has 0 unspecified atom stereocenters. The number of hydrogen-bond donors (Lipinski definition) is 2. The first-order chi connectivity index (χ1) is 18.2. The Bertz CT molecular complexity index is 1620. The van der Waals surface area contributed by atoms with Gasteiger partial charge in [-0.05, 0) is 61.2 Å². The molecule has 38 heavy (non-hydrogen) atoms. The maximum absolute atomic E-state index is 13.8. The Morgan fingerprint density at radius 2 is 1.84 bits per heavy atom. The summed E-state index contributed by atoms with van der Waals surface area (Å²) in [6.45, 7) is 2.90. The Balaban J connectivity index is 1.24. The highest BCUT2D eigenvalue weighted by molar-refractivity contribution is 5.99. The van der Waals surface area contributed by atoms with Crippen LogP contribution in [-0.4, -0.2) is 61.0 Å². The molecule has 9 nitrogen and oxygen atoms in total. The standard InChI is InChI=1S/C28H26FN5O4/c1-16-11-19(29)12-22-20(16)13-23(31-22)26(36)33-9-10-34-24(15-33)21(14-30-34)25(35)32(2)28(7-8-28)18-5-3-17(4-6-18)27(37)38/h3-6,11-14,31H,7-10,15H2,1-2H3,(H,37,38). The van der Waals surface area contributed by atoms with E-state index in [1.165, 1.54) is 12.1 Å². The number of H-pyrrole nitrogens is 1. The lowest BCUT2D eigenvalue weighted by atomic mass is 10.0. The molecule has 194 valence electrons. The summed E-state index contributed by atoms with van der Waals surface area (Å²) in [6.07, 6.45) is 3.10. The van der Waals surface area contributed by atoms with Crippen molar-refractivity contribution in [1.29, 1.82) is 0 Å². The van der Waals surface area contributed by atoms with E-state index in [1.54, 1.807) is 65.0 Å². The zero-order valence-electron chi connectivity index (χ0n) is 21.0. The van der Waals surface area contributed by atoms with Gasteiger partial charge in [0, 0.05) is 24.5 Å². The summed E-state index contributed by atoms with van der Waals surface area (Å²) in [5.74, 6) is -1.78. The topological polar surface area (TPSA) is 112 Å². The van der Waals surface area contributed by atoms with Gasteiger partial charge in [-0.2, -0.15) is 5.10 Å². The molecule has 3 heterocycles. The highest BCUT2D eigenvalue weighted by Gasteiger charge is 2.50. The number of carbonyl (C=O) groups is 3. The van der Waals surface area contributed by atoms with Crippen molar-refractivity contribution in [3.05, 3.63) is 88.1 Å². The minimum absolute atomic E-state index is 0.197. The maximum Gasteiger partial charge on any atom is 0.335 e. The molecule has 1 aliphatic carbocycles. The molecule has 2 aromatic carbocycles. The van der Waals surface area contributed by atoms with Crippen LogP contribution in [0.25, 0.3) is 10.9 Å². The van der Waals surface area contributed by atoms with Crippen LogP contribution in [0.2, 0.25) is 0 Å². The van der Waals surface area contributed by atoms with Gasteiger partial charge in [-0.25, -0.2) is 9.18 Å². The largest absolute Gasteiger partial charge is 0.478 e. The Morgan fingerprint density at radius 3 is 2.53 bits per heavy atom. The number of benzene rings is 2. The van der Waals surface area contributed by atoms with E-state index in [0.29, 0.717) is 35.6 Å². The minimum Gasteiger partial charge on any atom is -0.478 e. The van der Waals surface area contributed by atoms with E-state index < -0.39 is 11.5 Å². The number of carbonyl (C=O) groups excluding carboxylic acids is 2. The number of carboxylic acid groups (broad SMARTS) is 1. The SMILES string of the molecule is Cc1cc(F)cc2[nH]c(C(=O)N3CCn4ncc(C(=O)N(C)C5(c6ccc(C(=O)O)cc6)CC5)c4C3)cc12. The van der Waals surface area contributed by atoms with Crippen LogP contribution >= 0.6 is 0 Å². The molecule has 0 bridgehead atoms. The summed E-state index contributed by atoms with van der Waals surface area (Å²) in [6, 6.07) is 11.2. The smallest absolute Gasteiger partial charge is 0.335 e. The molecule has 0 radical (unpaired) electrons. The zero-order chi connectivity index (χ0) is 26.8. The van der Waals surface area contributed by atoms with Crippen molar-refractivity contribution in [2.75, 3.05) is 13.6 Å². The number of amides is 2. The molecule has 1 saturated carbocycles. The molecule has 2 aliphatic rings. The number of hydrogen-bond acceptors (Lipinski definition) is 4. The van der Waals surface area contributed by atoms with Crippen molar-refractivity contribution in [2.24, 2.45) is 0 Å².